The molecule has 0 radical (unpaired) electrons. The van der Waals surface area contributed by atoms with Crippen molar-refractivity contribution >= 4 is 5.78 Å². The Morgan fingerprint density at radius 3 is 2.93 bits per heavy atom. The summed E-state index contributed by atoms with van der Waals surface area (Å²) in [4.78, 5) is 11.4. The maximum atomic E-state index is 11.4. The highest BCUT2D eigenvalue weighted by molar-refractivity contribution is 5.87. The van der Waals surface area contributed by atoms with E-state index in [9.17, 15) is 9.90 Å². The number of carbonyl (C=O) groups is 1. The molecule has 1 aliphatic rings. The topological polar surface area (TPSA) is 46.5 Å². The van der Waals surface area contributed by atoms with Gasteiger partial charge in [-0.3, -0.25) is 4.79 Å². The van der Waals surface area contributed by atoms with E-state index in [1.807, 2.05) is 6.92 Å². The fourth-order valence-corrected chi connectivity index (χ4v) is 1.67. The summed E-state index contributed by atoms with van der Waals surface area (Å²) in [6.45, 7) is 3.59. The first-order valence-electron chi connectivity index (χ1n) is 4.60. The zero-order chi connectivity index (χ0) is 10.3. The summed E-state index contributed by atoms with van der Waals surface area (Å²) < 4.78 is 5.40. The van der Waals surface area contributed by atoms with Crippen LogP contribution in [0.25, 0.3) is 0 Å². The van der Waals surface area contributed by atoms with Gasteiger partial charge >= 0.3 is 0 Å². The maximum Gasteiger partial charge on any atom is 0.177 e. The Bertz CT molecular complexity index is 396. The Kier molecular flexibility index (Phi) is 1.95. The summed E-state index contributed by atoms with van der Waals surface area (Å²) in [5.74, 6) is 0.906. The van der Waals surface area contributed by atoms with Crippen molar-refractivity contribution in [3.8, 4) is 11.5 Å². The summed E-state index contributed by atoms with van der Waals surface area (Å²) in [6.07, 6.45) is 0.00602. The third kappa shape index (κ3) is 1.35. The molecule has 14 heavy (non-hydrogen) atoms. The molecule has 2 rings (SSSR count). The summed E-state index contributed by atoms with van der Waals surface area (Å²) in [7, 11) is 0. The van der Waals surface area contributed by atoms with Gasteiger partial charge in [0.2, 0.25) is 0 Å². The minimum atomic E-state index is -0.399. The Labute approximate surface area is 82.3 Å². The van der Waals surface area contributed by atoms with Gasteiger partial charge in [-0.1, -0.05) is 0 Å². The molecule has 0 saturated heterocycles. The number of hydrogen-bond acceptors (Lipinski definition) is 3. The van der Waals surface area contributed by atoms with Gasteiger partial charge in [0.15, 0.2) is 11.9 Å². The second-order valence-electron chi connectivity index (χ2n) is 3.64. The molecular formula is C11H12O3. The van der Waals surface area contributed by atoms with Crippen molar-refractivity contribution in [2.45, 2.75) is 26.4 Å². The van der Waals surface area contributed by atoms with Crippen LogP contribution < -0.4 is 4.74 Å². The Morgan fingerprint density at radius 1 is 1.50 bits per heavy atom. The number of ether oxygens (including phenoxy) is 1. The molecule has 1 aliphatic heterocycles. The third-order valence-corrected chi connectivity index (χ3v) is 2.52. The highest BCUT2D eigenvalue weighted by atomic mass is 16.5. The minimum Gasteiger partial charge on any atom is -0.508 e. The van der Waals surface area contributed by atoms with Crippen LogP contribution in [0.15, 0.2) is 12.1 Å². The van der Waals surface area contributed by atoms with Crippen LogP contribution >= 0.6 is 0 Å². The number of benzene rings is 1. The SMILES string of the molecule is Cc1cc(O)cc2c1CC(=O)C(C)O2. The first-order chi connectivity index (χ1) is 6.58. The van der Waals surface area contributed by atoms with Gasteiger partial charge in [-0.15, -0.1) is 0 Å². The van der Waals surface area contributed by atoms with E-state index in [1.165, 1.54) is 0 Å². The highest BCUT2D eigenvalue weighted by Gasteiger charge is 2.25. The lowest BCUT2D eigenvalue weighted by molar-refractivity contribution is -0.125. The predicted molar refractivity (Wildman–Crippen MR) is 51.6 cm³/mol. The first kappa shape index (κ1) is 9.06. The van der Waals surface area contributed by atoms with E-state index in [2.05, 4.69) is 0 Å². The van der Waals surface area contributed by atoms with E-state index < -0.39 is 6.10 Å². The van der Waals surface area contributed by atoms with Crippen LogP contribution in [0.3, 0.4) is 0 Å². The molecular weight excluding hydrogens is 180 g/mol. The molecule has 0 saturated carbocycles. The molecule has 0 amide bonds. The largest absolute Gasteiger partial charge is 0.508 e. The van der Waals surface area contributed by atoms with Gasteiger partial charge in [0.05, 0.1) is 0 Å². The molecule has 1 atom stereocenters. The number of fused-ring (bicyclic) bond motifs is 1. The third-order valence-electron chi connectivity index (χ3n) is 2.52. The molecule has 0 aromatic heterocycles. The van der Waals surface area contributed by atoms with Crippen molar-refractivity contribution in [2.24, 2.45) is 0 Å². The molecule has 74 valence electrons. The summed E-state index contributed by atoms with van der Waals surface area (Å²) in [6, 6.07) is 3.21. The molecule has 0 fully saturated rings. The molecule has 1 N–H and O–H groups in total. The van der Waals surface area contributed by atoms with Crippen LogP contribution in [0.2, 0.25) is 0 Å². The van der Waals surface area contributed by atoms with Gasteiger partial charge in [0.25, 0.3) is 0 Å². The molecule has 1 unspecified atom stereocenters. The van der Waals surface area contributed by atoms with Crippen LogP contribution in [0, 0.1) is 6.92 Å². The number of Topliss-reactive ketones (excluding diaryl/α,β-unsaturated/α-hetero) is 1. The number of aromatic hydroxyl groups is 1. The number of phenols is 1. The van der Waals surface area contributed by atoms with Crippen LogP contribution in [0.1, 0.15) is 18.1 Å². The number of hydrogen-bond donors (Lipinski definition) is 1. The zero-order valence-electron chi connectivity index (χ0n) is 8.20. The highest BCUT2D eigenvalue weighted by Crippen LogP contribution is 2.32. The molecule has 0 aliphatic carbocycles. The monoisotopic (exact) mass is 192 g/mol. The van der Waals surface area contributed by atoms with Crippen molar-refractivity contribution in [1.29, 1.82) is 0 Å². The number of phenolic OH excluding ortho intramolecular Hbond substituents is 1. The second-order valence-corrected chi connectivity index (χ2v) is 3.64. The number of rotatable bonds is 0. The van der Waals surface area contributed by atoms with E-state index in [-0.39, 0.29) is 11.5 Å². The standard InChI is InChI=1S/C11H12O3/c1-6-3-8(12)4-11-9(6)5-10(13)7(2)14-11/h3-4,7,12H,5H2,1-2H3. The maximum absolute atomic E-state index is 11.4. The fraction of sp³-hybridized carbons (Fsp3) is 0.364. The van der Waals surface area contributed by atoms with Gasteiger partial charge < -0.3 is 9.84 Å². The van der Waals surface area contributed by atoms with Crippen molar-refractivity contribution in [2.75, 3.05) is 0 Å². The lowest BCUT2D eigenvalue weighted by Gasteiger charge is -2.23. The minimum absolute atomic E-state index is 0.0892. The van der Waals surface area contributed by atoms with Gasteiger partial charge in [0, 0.05) is 18.1 Å². The van der Waals surface area contributed by atoms with Crippen molar-refractivity contribution in [3.05, 3.63) is 23.3 Å². The van der Waals surface area contributed by atoms with E-state index in [0.29, 0.717) is 12.2 Å². The van der Waals surface area contributed by atoms with Crippen LogP contribution in [0.4, 0.5) is 0 Å². The smallest absolute Gasteiger partial charge is 0.177 e. The number of carbonyl (C=O) groups excluding carboxylic acids is 1. The number of aryl methyl sites for hydroxylation is 1. The van der Waals surface area contributed by atoms with Crippen LogP contribution in [-0.4, -0.2) is 17.0 Å². The predicted octanol–water partition coefficient (Wildman–Crippen LogP) is 1.59. The molecule has 1 aromatic carbocycles. The van der Waals surface area contributed by atoms with Crippen LogP contribution in [0.5, 0.6) is 11.5 Å². The molecule has 3 nitrogen and oxygen atoms in total. The fourth-order valence-electron chi connectivity index (χ4n) is 1.67. The molecule has 0 bridgehead atoms. The van der Waals surface area contributed by atoms with E-state index >= 15 is 0 Å². The average Bonchev–Trinajstić information content (AvgIpc) is 2.08. The Hall–Kier alpha value is -1.51. The van der Waals surface area contributed by atoms with Crippen LogP contribution in [-0.2, 0) is 11.2 Å². The average molecular weight is 192 g/mol. The second kappa shape index (κ2) is 3.01. The van der Waals surface area contributed by atoms with E-state index in [1.54, 1.807) is 19.1 Å². The quantitative estimate of drug-likeness (QED) is 0.679. The van der Waals surface area contributed by atoms with Gasteiger partial charge in [-0.05, 0) is 25.5 Å². The summed E-state index contributed by atoms with van der Waals surface area (Å²) in [5, 5.41) is 9.36. The van der Waals surface area contributed by atoms with Crippen molar-refractivity contribution in [3.63, 3.8) is 0 Å². The van der Waals surface area contributed by atoms with Gasteiger partial charge in [0.1, 0.15) is 11.5 Å². The van der Waals surface area contributed by atoms with Gasteiger partial charge in [-0.25, -0.2) is 0 Å². The van der Waals surface area contributed by atoms with E-state index in [4.69, 9.17) is 4.74 Å². The molecule has 1 heterocycles. The summed E-state index contributed by atoms with van der Waals surface area (Å²) >= 11 is 0. The number of ketones is 1. The Morgan fingerprint density at radius 2 is 2.21 bits per heavy atom. The normalized spacial score (nSPS) is 20.1. The zero-order valence-corrected chi connectivity index (χ0v) is 8.20. The first-order valence-corrected chi connectivity index (χ1v) is 4.60. The molecule has 3 heteroatoms. The Balaban J connectivity index is 2.51. The molecule has 1 aromatic rings. The van der Waals surface area contributed by atoms with Gasteiger partial charge in [-0.2, -0.15) is 0 Å². The van der Waals surface area contributed by atoms with E-state index in [0.717, 1.165) is 11.1 Å². The summed E-state index contributed by atoms with van der Waals surface area (Å²) in [5.41, 5.74) is 1.80. The lowest BCUT2D eigenvalue weighted by Crippen LogP contribution is -2.30. The lowest BCUT2D eigenvalue weighted by atomic mass is 9.97. The molecule has 0 spiro atoms. The van der Waals surface area contributed by atoms with Crippen molar-refractivity contribution < 1.29 is 14.6 Å². The van der Waals surface area contributed by atoms with Crippen molar-refractivity contribution in [1.82, 2.24) is 0 Å².